The summed E-state index contributed by atoms with van der Waals surface area (Å²) in [5.41, 5.74) is 2.85. The van der Waals surface area contributed by atoms with Gasteiger partial charge in [0.25, 0.3) is 0 Å². The van der Waals surface area contributed by atoms with Gasteiger partial charge in [-0.2, -0.15) is 0 Å². The second-order valence-corrected chi connectivity index (χ2v) is 6.53. The first kappa shape index (κ1) is 16.5. The van der Waals surface area contributed by atoms with Gasteiger partial charge in [0, 0.05) is 5.75 Å². The summed E-state index contributed by atoms with van der Waals surface area (Å²) in [6.45, 7) is 1.90. The van der Waals surface area contributed by atoms with E-state index in [1.54, 1.807) is 12.1 Å². The average molecular weight is 343 g/mol. The maximum absolute atomic E-state index is 12.8. The second-order valence-electron chi connectivity index (χ2n) is 5.55. The zero-order valence-electron chi connectivity index (χ0n) is 13.3. The Balaban J connectivity index is 1.49. The molecule has 3 rings (SSSR count). The van der Waals surface area contributed by atoms with E-state index >= 15 is 0 Å². The number of carbonyl (C=O) groups excluding carboxylic acids is 1. The summed E-state index contributed by atoms with van der Waals surface area (Å²) in [6.07, 6.45) is 0. The van der Waals surface area contributed by atoms with Gasteiger partial charge in [-0.25, -0.2) is 9.37 Å². The van der Waals surface area contributed by atoms with E-state index in [1.165, 1.54) is 23.9 Å². The fourth-order valence-corrected chi connectivity index (χ4v) is 3.17. The molecular formula is C18H18FN3OS. The van der Waals surface area contributed by atoms with E-state index in [1.807, 2.05) is 31.2 Å². The average Bonchev–Trinajstić information content (AvgIpc) is 3.01. The number of para-hydroxylation sites is 2. The Morgan fingerprint density at radius 2 is 2.00 bits per heavy atom. The molecule has 6 heteroatoms. The Bertz CT molecular complexity index is 799. The lowest BCUT2D eigenvalue weighted by molar-refractivity contribution is -0.119. The molecule has 2 aromatic carbocycles. The molecule has 1 heterocycles. The number of carbonyl (C=O) groups is 1. The molecule has 0 saturated carbocycles. The van der Waals surface area contributed by atoms with Gasteiger partial charge < -0.3 is 10.3 Å². The molecule has 124 valence electrons. The summed E-state index contributed by atoms with van der Waals surface area (Å²) in [4.78, 5) is 19.8. The van der Waals surface area contributed by atoms with Crippen LogP contribution >= 0.6 is 11.8 Å². The van der Waals surface area contributed by atoms with Gasteiger partial charge in [-0.05, 0) is 36.8 Å². The van der Waals surface area contributed by atoms with Crippen LogP contribution in [0.1, 0.15) is 24.4 Å². The molecule has 0 aliphatic heterocycles. The summed E-state index contributed by atoms with van der Waals surface area (Å²) >= 11 is 1.50. The van der Waals surface area contributed by atoms with Crippen LogP contribution in [0.4, 0.5) is 4.39 Å². The van der Waals surface area contributed by atoms with Crippen molar-refractivity contribution in [1.29, 1.82) is 0 Å². The van der Waals surface area contributed by atoms with Crippen molar-refractivity contribution in [2.75, 3.05) is 5.75 Å². The molecule has 4 nitrogen and oxygen atoms in total. The molecule has 0 saturated heterocycles. The molecular weight excluding hydrogens is 325 g/mol. The number of halogens is 1. The van der Waals surface area contributed by atoms with Crippen LogP contribution in [0, 0.1) is 5.82 Å². The van der Waals surface area contributed by atoms with E-state index < -0.39 is 0 Å². The van der Waals surface area contributed by atoms with Crippen molar-refractivity contribution in [2.45, 2.75) is 18.7 Å². The normalized spacial score (nSPS) is 12.2. The van der Waals surface area contributed by atoms with Crippen molar-refractivity contribution in [3.05, 3.63) is 65.7 Å². The van der Waals surface area contributed by atoms with Gasteiger partial charge in [-0.1, -0.05) is 24.3 Å². The van der Waals surface area contributed by atoms with Gasteiger partial charge in [0.05, 0.1) is 22.8 Å². The molecule has 1 aromatic heterocycles. The fraction of sp³-hybridized carbons (Fsp3) is 0.222. The number of aromatic amines is 1. The Morgan fingerprint density at radius 1 is 1.25 bits per heavy atom. The summed E-state index contributed by atoms with van der Waals surface area (Å²) < 4.78 is 12.8. The first-order chi connectivity index (χ1) is 11.6. The van der Waals surface area contributed by atoms with E-state index in [9.17, 15) is 9.18 Å². The number of hydrogen-bond acceptors (Lipinski definition) is 3. The van der Waals surface area contributed by atoms with Crippen LogP contribution in [0.15, 0.2) is 48.5 Å². The Kier molecular flexibility index (Phi) is 5.15. The number of H-pyrrole nitrogens is 1. The van der Waals surface area contributed by atoms with Gasteiger partial charge in [0.2, 0.25) is 5.91 Å². The van der Waals surface area contributed by atoms with E-state index in [2.05, 4.69) is 15.3 Å². The lowest BCUT2D eigenvalue weighted by atomic mass is 10.2. The van der Waals surface area contributed by atoms with E-state index in [-0.39, 0.29) is 17.8 Å². The van der Waals surface area contributed by atoms with Crippen molar-refractivity contribution in [3.63, 3.8) is 0 Å². The lowest BCUT2D eigenvalue weighted by Gasteiger charge is -2.11. The van der Waals surface area contributed by atoms with Crippen LogP contribution in [0.25, 0.3) is 11.0 Å². The quantitative estimate of drug-likeness (QED) is 0.715. The third-order valence-corrected chi connectivity index (χ3v) is 4.61. The first-order valence-corrected chi connectivity index (χ1v) is 8.83. The SMILES string of the molecule is C[C@H](NC(=O)CSCc1ccc(F)cc1)c1nc2ccccc2[nH]1. The summed E-state index contributed by atoms with van der Waals surface area (Å²) in [6, 6.07) is 13.9. The number of benzene rings is 2. The number of thioether (sulfide) groups is 1. The molecule has 1 atom stereocenters. The van der Waals surface area contributed by atoms with Gasteiger partial charge in [-0.3, -0.25) is 4.79 Å². The van der Waals surface area contributed by atoms with Crippen molar-refractivity contribution >= 4 is 28.7 Å². The largest absolute Gasteiger partial charge is 0.346 e. The highest BCUT2D eigenvalue weighted by Crippen LogP contribution is 2.16. The first-order valence-electron chi connectivity index (χ1n) is 7.68. The van der Waals surface area contributed by atoms with Gasteiger partial charge >= 0.3 is 0 Å². The van der Waals surface area contributed by atoms with Crippen molar-refractivity contribution in [2.24, 2.45) is 0 Å². The molecule has 0 aliphatic rings. The molecule has 0 radical (unpaired) electrons. The smallest absolute Gasteiger partial charge is 0.230 e. The number of imidazole rings is 1. The zero-order chi connectivity index (χ0) is 16.9. The van der Waals surface area contributed by atoms with Crippen molar-refractivity contribution in [3.8, 4) is 0 Å². The number of rotatable bonds is 6. The minimum Gasteiger partial charge on any atom is -0.346 e. The monoisotopic (exact) mass is 343 g/mol. The minimum atomic E-state index is -0.249. The highest BCUT2D eigenvalue weighted by atomic mass is 32.2. The highest BCUT2D eigenvalue weighted by molar-refractivity contribution is 7.99. The number of hydrogen-bond donors (Lipinski definition) is 2. The van der Waals surface area contributed by atoms with Crippen LogP contribution < -0.4 is 5.32 Å². The number of fused-ring (bicyclic) bond motifs is 1. The molecule has 0 spiro atoms. The van der Waals surface area contributed by atoms with Crippen LogP contribution in [0.2, 0.25) is 0 Å². The molecule has 0 aliphatic carbocycles. The van der Waals surface area contributed by atoms with Crippen LogP contribution in [-0.2, 0) is 10.5 Å². The highest BCUT2D eigenvalue weighted by Gasteiger charge is 2.13. The third-order valence-electron chi connectivity index (χ3n) is 3.61. The van der Waals surface area contributed by atoms with Gasteiger partial charge in [-0.15, -0.1) is 11.8 Å². The van der Waals surface area contributed by atoms with E-state index in [0.717, 1.165) is 22.4 Å². The van der Waals surface area contributed by atoms with E-state index in [4.69, 9.17) is 0 Å². The Hall–Kier alpha value is -2.34. The second kappa shape index (κ2) is 7.49. The topological polar surface area (TPSA) is 57.8 Å². The predicted octanol–water partition coefficient (Wildman–Crippen LogP) is 3.81. The number of nitrogens with one attached hydrogen (secondary N) is 2. The molecule has 0 unspecified atom stereocenters. The number of aromatic nitrogens is 2. The maximum Gasteiger partial charge on any atom is 0.230 e. The maximum atomic E-state index is 12.8. The number of nitrogens with zero attached hydrogens (tertiary/aromatic N) is 1. The summed E-state index contributed by atoms with van der Waals surface area (Å²) in [5.74, 6) is 1.47. The van der Waals surface area contributed by atoms with Gasteiger partial charge in [0.1, 0.15) is 11.6 Å². The summed E-state index contributed by atoms with van der Waals surface area (Å²) in [7, 11) is 0. The summed E-state index contributed by atoms with van der Waals surface area (Å²) in [5, 5.41) is 2.94. The molecule has 1 amide bonds. The predicted molar refractivity (Wildman–Crippen MR) is 95.2 cm³/mol. The van der Waals surface area contributed by atoms with Crippen LogP contribution in [-0.4, -0.2) is 21.6 Å². The standard InChI is InChI=1S/C18H18FN3OS/c1-12(18-21-15-4-2-3-5-16(15)22-18)20-17(23)11-24-10-13-6-8-14(19)9-7-13/h2-9,12H,10-11H2,1H3,(H,20,23)(H,21,22)/t12-/m0/s1. The Morgan fingerprint density at radius 3 is 2.75 bits per heavy atom. The molecule has 24 heavy (non-hydrogen) atoms. The Labute approximate surface area is 143 Å². The van der Waals surface area contributed by atoms with Crippen LogP contribution in [0.3, 0.4) is 0 Å². The van der Waals surface area contributed by atoms with Crippen molar-refractivity contribution < 1.29 is 9.18 Å². The molecule has 3 aromatic rings. The van der Waals surface area contributed by atoms with Crippen LogP contribution in [0.5, 0.6) is 0 Å². The van der Waals surface area contributed by atoms with E-state index in [0.29, 0.717) is 11.5 Å². The molecule has 0 fully saturated rings. The lowest BCUT2D eigenvalue weighted by Crippen LogP contribution is -2.28. The van der Waals surface area contributed by atoms with Gasteiger partial charge in [0.15, 0.2) is 0 Å². The number of amides is 1. The molecule has 0 bridgehead atoms. The fourth-order valence-electron chi connectivity index (χ4n) is 2.37. The van der Waals surface area contributed by atoms with Crippen molar-refractivity contribution in [1.82, 2.24) is 15.3 Å². The minimum absolute atomic E-state index is 0.0462. The molecule has 2 N–H and O–H groups in total. The third kappa shape index (κ3) is 4.14. The zero-order valence-corrected chi connectivity index (χ0v) is 14.1.